The molecule has 2 aromatic heterocycles. The Morgan fingerprint density at radius 3 is 2.71 bits per heavy atom. The highest BCUT2D eigenvalue weighted by molar-refractivity contribution is 5.80. The van der Waals surface area contributed by atoms with Gasteiger partial charge in [-0.05, 0) is 24.1 Å². The predicted octanol–water partition coefficient (Wildman–Crippen LogP) is 4.80. The van der Waals surface area contributed by atoms with Gasteiger partial charge in [0.05, 0.1) is 23.3 Å². The van der Waals surface area contributed by atoms with Crippen LogP contribution in [0, 0.1) is 5.92 Å². The molecule has 0 radical (unpaired) electrons. The third-order valence-corrected chi connectivity index (χ3v) is 4.44. The van der Waals surface area contributed by atoms with Crippen LogP contribution < -0.4 is 5.32 Å². The van der Waals surface area contributed by atoms with Crippen LogP contribution in [0.2, 0.25) is 0 Å². The molecule has 2 heterocycles. The first-order valence-corrected chi connectivity index (χ1v) is 8.35. The average molecular weight is 319 g/mol. The Bertz CT molecular complexity index is 934. The smallest absolute Gasteiger partial charge is 0.134 e. The monoisotopic (exact) mass is 319 g/mol. The molecule has 1 atom stereocenters. The van der Waals surface area contributed by atoms with Crippen molar-refractivity contribution in [3.05, 3.63) is 66.2 Å². The third-order valence-electron chi connectivity index (χ3n) is 4.44. The highest BCUT2D eigenvalue weighted by Gasteiger charge is 2.19. The molecule has 4 aromatic rings. The van der Waals surface area contributed by atoms with Gasteiger partial charge in [0.2, 0.25) is 0 Å². The van der Waals surface area contributed by atoms with Gasteiger partial charge in [-0.3, -0.25) is 0 Å². The standard InChI is InChI=1S/C20H21N3O/c1-13(2)19(20-22-16-8-4-5-9-17(16)23-20)21-11-14-12-24-18-10-6-3-7-15(14)18/h3-10,12-13,19,21H,11H2,1-2H3,(H,22,23)/t19-/m1/s1. The number of rotatable bonds is 5. The van der Waals surface area contributed by atoms with Crippen LogP contribution in [0.4, 0.5) is 0 Å². The molecule has 2 aromatic carbocycles. The number of H-pyrrole nitrogens is 1. The lowest BCUT2D eigenvalue weighted by Crippen LogP contribution is -2.26. The fraction of sp³-hybridized carbons (Fsp3) is 0.250. The number of aromatic nitrogens is 2. The largest absolute Gasteiger partial charge is 0.464 e. The second-order valence-electron chi connectivity index (χ2n) is 6.50. The average Bonchev–Trinajstić information content (AvgIpc) is 3.19. The van der Waals surface area contributed by atoms with E-state index < -0.39 is 0 Å². The van der Waals surface area contributed by atoms with Gasteiger partial charge in [-0.2, -0.15) is 0 Å². The molecule has 122 valence electrons. The minimum atomic E-state index is 0.158. The topological polar surface area (TPSA) is 53.9 Å². The van der Waals surface area contributed by atoms with Crippen molar-refractivity contribution in [3.8, 4) is 0 Å². The Morgan fingerprint density at radius 1 is 1.08 bits per heavy atom. The van der Waals surface area contributed by atoms with E-state index in [1.54, 1.807) is 0 Å². The number of para-hydroxylation sites is 3. The van der Waals surface area contributed by atoms with Crippen LogP contribution in [0.3, 0.4) is 0 Å². The van der Waals surface area contributed by atoms with Crippen LogP contribution in [-0.2, 0) is 6.54 Å². The summed E-state index contributed by atoms with van der Waals surface area (Å²) in [6.07, 6.45) is 1.84. The van der Waals surface area contributed by atoms with Crippen molar-refractivity contribution in [2.24, 2.45) is 5.92 Å². The van der Waals surface area contributed by atoms with Crippen LogP contribution in [0.5, 0.6) is 0 Å². The van der Waals surface area contributed by atoms with Crippen LogP contribution in [0.15, 0.2) is 59.2 Å². The molecule has 0 bridgehead atoms. The second-order valence-corrected chi connectivity index (χ2v) is 6.50. The molecule has 4 nitrogen and oxygen atoms in total. The number of hydrogen-bond acceptors (Lipinski definition) is 3. The van der Waals surface area contributed by atoms with E-state index in [0.717, 1.165) is 34.4 Å². The van der Waals surface area contributed by atoms with Gasteiger partial charge in [-0.25, -0.2) is 4.98 Å². The predicted molar refractivity (Wildman–Crippen MR) is 96.7 cm³/mol. The summed E-state index contributed by atoms with van der Waals surface area (Å²) in [6, 6.07) is 16.4. The first-order chi connectivity index (χ1) is 11.7. The molecule has 0 aliphatic carbocycles. The van der Waals surface area contributed by atoms with Gasteiger partial charge >= 0.3 is 0 Å². The maximum absolute atomic E-state index is 5.63. The molecule has 0 aliphatic rings. The van der Waals surface area contributed by atoms with Gasteiger partial charge in [0.1, 0.15) is 11.4 Å². The normalized spacial score (nSPS) is 13.1. The Labute approximate surface area is 140 Å². The first kappa shape index (κ1) is 15.0. The molecular formula is C20H21N3O. The number of benzene rings is 2. The van der Waals surface area contributed by atoms with E-state index in [4.69, 9.17) is 9.40 Å². The van der Waals surface area contributed by atoms with Gasteiger partial charge < -0.3 is 14.7 Å². The quantitative estimate of drug-likeness (QED) is 0.556. The summed E-state index contributed by atoms with van der Waals surface area (Å²) in [5, 5.41) is 4.80. The Hall–Kier alpha value is -2.59. The van der Waals surface area contributed by atoms with Crippen LogP contribution in [0.1, 0.15) is 31.3 Å². The maximum atomic E-state index is 5.63. The third kappa shape index (κ3) is 2.69. The zero-order valence-electron chi connectivity index (χ0n) is 13.9. The van der Waals surface area contributed by atoms with E-state index in [-0.39, 0.29) is 6.04 Å². The van der Waals surface area contributed by atoms with E-state index in [1.165, 1.54) is 5.56 Å². The van der Waals surface area contributed by atoms with E-state index in [1.807, 2.05) is 42.7 Å². The Kier molecular flexibility index (Phi) is 3.82. The van der Waals surface area contributed by atoms with Gasteiger partial charge in [0.15, 0.2) is 0 Å². The summed E-state index contributed by atoms with van der Waals surface area (Å²) in [7, 11) is 0. The highest BCUT2D eigenvalue weighted by atomic mass is 16.3. The molecule has 2 N–H and O–H groups in total. The van der Waals surface area contributed by atoms with Crippen molar-refractivity contribution in [2.45, 2.75) is 26.4 Å². The molecule has 0 saturated heterocycles. The molecule has 0 amide bonds. The zero-order chi connectivity index (χ0) is 16.5. The van der Waals surface area contributed by atoms with Gasteiger partial charge in [0, 0.05) is 17.5 Å². The zero-order valence-corrected chi connectivity index (χ0v) is 13.9. The summed E-state index contributed by atoms with van der Waals surface area (Å²) in [5.41, 5.74) is 4.19. The first-order valence-electron chi connectivity index (χ1n) is 8.35. The summed E-state index contributed by atoms with van der Waals surface area (Å²) in [5.74, 6) is 1.41. The molecular weight excluding hydrogens is 298 g/mol. The molecule has 4 rings (SSSR count). The molecule has 0 aliphatic heterocycles. The summed E-state index contributed by atoms with van der Waals surface area (Å²) in [4.78, 5) is 8.20. The van der Waals surface area contributed by atoms with Crippen molar-refractivity contribution < 1.29 is 4.42 Å². The molecule has 0 unspecified atom stereocenters. The van der Waals surface area contributed by atoms with Crippen molar-refractivity contribution in [1.82, 2.24) is 15.3 Å². The summed E-state index contributed by atoms with van der Waals surface area (Å²) in [6.45, 7) is 5.16. The lowest BCUT2D eigenvalue weighted by Gasteiger charge is -2.20. The van der Waals surface area contributed by atoms with Crippen LogP contribution in [-0.4, -0.2) is 9.97 Å². The lowest BCUT2D eigenvalue weighted by atomic mass is 10.0. The van der Waals surface area contributed by atoms with Crippen molar-refractivity contribution in [2.75, 3.05) is 0 Å². The maximum Gasteiger partial charge on any atom is 0.134 e. The number of aromatic amines is 1. The van der Waals surface area contributed by atoms with Gasteiger partial charge in [-0.15, -0.1) is 0 Å². The number of fused-ring (bicyclic) bond motifs is 2. The number of hydrogen-bond donors (Lipinski definition) is 2. The van der Waals surface area contributed by atoms with E-state index >= 15 is 0 Å². The molecule has 4 heteroatoms. The fourth-order valence-electron chi connectivity index (χ4n) is 3.16. The second kappa shape index (κ2) is 6.13. The summed E-state index contributed by atoms with van der Waals surface area (Å²) >= 11 is 0. The number of nitrogens with one attached hydrogen (secondary N) is 2. The van der Waals surface area contributed by atoms with E-state index in [0.29, 0.717) is 5.92 Å². The lowest BCUT2D eigenvalue weighted by molar-refractivity contribution is 0.395. The van der Waals surface area contributed by atoms with Crippen LogP contribution in [0.25, 0.3) is 22.0 Å². The molecule has 0 saturated carbocycles. The highest BCUT2D eigenvalue weighted by Crippen LogP contribution is 2.25. The molecule has 0 spiro atoms. The van der Waals surface area contributed by atoms with Crippen molar-refractivity contribution in [3.63, 3.8) is 0 Å². The van der Waals surface area contributed by atoms with E-state index in [9.17, 15) is 0 Å². The number of nitrogens with zero attached hydrogens (tertiary/aromatic N) is 1. The van der Waals surface area contributed by atoms with Crippen molar-refractivity contribution in [1.29, 1.82) is 0 Å². The van der Waals surface area contributed by atoms with Crippen LogP contribution >= 0.6 is 0 Å². The van der Waals surface area contributed by atoms with E-state index in [2.05, 4.69) is 36.3 Å². The summed E-state index contributed by atoms with van der Waals surface area (Å²) < 4.78 is 5.63. The van der Waals surface area contributed by atoms with Crippen molar-refractivity contribution >= 4 is 22.0 Å². The van der Waals surface area contributed by atoms with Gasteiger partial charge in [-0.1, -0.05) is 44.2 Å². The Morgan fingerprint density at radius 2 is 1.88 bits per heavy atom. The fourth-order valence-corrected chi connectivity index (χ4v) is 3.16. The minimum absolute atomic E-state index is 0.158. The molecule has 24 heavy (non-hydrogen) atoms. The molecule has 0 fully saturated rings. The number of furan rings is 1. The SMILES string of the molecule is CC(C)[C@@H](NCc1coc2ccccc12)c1nc2ccccc2[nH]1. The Balaban J connectivity index is 1.59. The number of imidazole rings is 1. The van der Waals surface area contributed by atoms with Gasteiger partial charge in [0.25, 0.3) is 0 Å². The minimum Gasteiger partial charge on any atom is -0.464 e.